The number of carboxylic acids is 1. The van der Waals surface area contributed by atoms with Gasteiger partial charge in [0.25, 0.3) is 0 Å². The maximum Gasteiger partial charge on any atom is 0.412 e. The third-order valence-corrected chi connectivity index (χ3v) is 5.25. The molecule has 1 heterocycles. The van der Waals surface area contributed by atoms with E-state index >= 15 is 0 Å². The largest absolute Gasteiger partial charge is 0.481 e. The van der Waals surface area contributed by atoms with E-state index in [1.54, 1.807) is 12.3 Å². The number of aryl methyl sites for hydroxylation is 1. The zero-order valence-corrected chi connectivity index (χ0v) is 16.4. The number of aromatic nitrogens is 1. The molecule has 1 aromatic heterocycles. The number of ether oxygens (including phenoxy) is 1. The van der Waals surface area contributed by atoms with Crippen molar-refractivity contribution in [1.29, 1.82) is 0 Å². The third kappa shape index (κ3) is 4.33. The fourth-order valence-corrected chi connectivity index (χ4v) is 3.88. The van der Waals surface area contributed by atoms with Gasteiger partial charge in [-0.1, -0.05) is 48.5 Å². The molecule has 1 aliphatic carbocycles. The Hall–Kier alpha value is -3.67. The van der Waals surface area contributed by atoms with Crippen LogP contribution in [0.3, 0.4) is 0 Å². The SMILES string of the molecule is O=C(O)CCCc1ccnc(NC(=O)OCC2c3ccccc3-c3ccccc32)c1. The molecule has 0 aliphatic heterocycles. The zero-order valence-electron chi connectivity index (χ0n) is 16.4. The quantitative estimate of drug-likeness (QED) is 0.590. The molecule has 6 heteroatoms. The Kier molecular flexibility index (Phi) is 5.75. The van der Waals surface area contributed by atoms with E-state index in [0.717, 1.165) is 16.7 Å². The van der Waals surface area contributed by atoms with Gasteiger partial charge in [-0.3, -0.25) is 10.1 Å². The molecule has 0 radical (unpaired) electrons. The summed E-state index contributed by atoms with van der Waals surface area (Å²) in [6, 6.07) is 19.9. The number of carbonyl (C=O) groups excluding carboxylic acids is 1. The van der Waals surface area contributed by atoms with Crippen molar-refractivity contribution in [1.82, 2.24) is 4.98 Å². The summed E-state index contributed by atoms with van der Waals surface area (Å²) in [5.74, 6) is -0.431. The van der Waals surface area contributed by atoms with Crippen LogP contribution in [0.1, 0.15) is 35.4 Å². The van der Waals surface area contributed by atoms with Crippen molar-refractivity contribution in [3.05, 3.63) is 83.6 Å². The number of hydrogen-bond donors (Lipinski definition) is 2. The first-order valence-corrected chi connectivity index (χ1v) is 9.90. The number of benzene rings is 2. The molecule has 0 atom stereocenters. The molecule has 152 valence electrons. The van der Waals surface area contributed by atoms with Crippen molar-refractivity contribution in [2.45, 2.75) is 25.2 Å². The lowest BCUT2D eigenvalue weighted by molar-refractivity contribution is -0.137. The molecule has 2 N–H and O–H groups in total. The number of amides is 1. The molecular weight excluding hydrogens is 380 g/mol. The highest BCUT2D eigenvalue weighted by Gasteiger charge is 2.29. The van der Waals surface area contributed by atoms with Crippen LogP contribution in [0.2, 0.25) is 0 Å². The standard InChI is InChI=1S/C24H22N2O4/c27-23(28)11-5-6-16-12-13-25-22(14-16)26-24(29)30-15-21-19-9-3-1-7-17(19)18-8-2-4-10-20(18)21/h1-4,7-10,12-14,21H,5-6,11,15H2,(H,27,28)(H,25,26,29). The van der Waals surface area contributed by atoms with Gasteiger partial charge in [-0.05, 0) is 52.8 Å². The van der Waals surface area contributed by atoms with Crippen molar-refractivity contribution in [3.63, 3.8) is 0 Å². The minimum absolute atomic E-state index is 0.00142. The lowest BCUT2D eigenvalue weighted by Gasteiger charge is -2.14. The molecular formula is C24H22N2O4. The van der Waals surface area contributed by atoms with Crippen LogP contribution in [-0.4, -0.2) is 28.8 Å². The van der Waals surface area contributed by atoms with Gasteiger partial charge in [0.15, 0.2) is 0 Å². The molecule has 1 amide bonds. The molecule has 3 aromatic rings. The van der Waals surface area contributed by atoms with E-state index in [1.165, 1.54) is 11.1 Å². The number of nitrogens with one attached hydrogen (secondary N) is 1. The van der Waals surface area contributed by atoms with Gasteiger partial charge < -0.3 is 9.84 Å². The first-order valence-electron chi connectivity index (χ1n) is 9.90. The van der Waals surface area contributed by atoms with E-state index in [2.05, 4.69) is 34.6 Å². The average molecular weight is 402 g/mol. The zero-order chi connectivity index (χ0) is 20.9. The highest BCUT2D eigenvalue weighted by Crippen LogP contribution is 2.44. The Morgan fingerprint density at radius 3 is 2.33 bits per heavy atom. The molecule has 0 saturated heterocycles. The second-order valence-electron chi connectivity index (χ2n) is 7.25. The number of nitrogens with zero attached hydrogens (tertiary/aromatic N) is 1. The smallest absolute Gasteiger partial charge is 0.412 e. The van der Waals surface area contributed by atoms with Crippen LogP contribution in [0, 0.1) is 0 Å². The van der Waals surface area contributed by atoms with Gasteiger partial charge in [0.2, 0.25) is 0 Å². The predicted octanol–water partition coefficient (Wildman–Crippen LogP) is 4.85. The van der Waals surface area contributed by atoms with Crippen molar-refractivity contribution in [2.75, 3.05) is 11.9 Å². The van der Waals surface area contributed by atoms with Crippen LogP contribution in [0.25, 0.3) is 11.1 Å². The first kappa shape index (κ1) is 19.6. The maximum absolute atomic E-state index is 12.4. The van der Waals surface area contributed by atoms with Gasteiger partial charge in [-0.15, -0.1) is 0 Å². The lowest BCUT2D eigenvalue weighted by atomic mass is 9.98. The summed E-state index contributed by atoms with van der Waals surface area (Å²) < 4.78 is 5.53. The second kappa shape index (κ2) is 8.78. The van der Waals surface area contributed by atoms with E-state index in [-0.39, 0.29) is 18.9 Å². The summed E-state index contributed by atoms with van der Waals surface area (Å²) in [4.78, 5) is 27.2. The predicted molar refractivity (Wildman–Crippen MR) is 114 cm³/mol. The van der Waals surface area contributed by atoms with Crippen molar-refractivity contribution < 1.29 is 19.4 Å². The molecule has 1 aliphatic rings. The summed E-state index contributed by atoms with van der Waals surface area (Å²) in [7, 11) is 0. The molecule has 0 spiro atoms. The van der Waals surface area contributed by atoms with Crippen LogP contribution in [0.5, 0.6) is 0 Å². The number of pyridine rings is 1. The normalized spacial score (nSPS) is 12.1. The molecule has 0 saturated carbocycles. The van der Waals surface area contributed by atoms with E-state index in [4.69, 9.17) is 9.84 Å². The Morgan fingerprint density at radius 1 is 1.00 bits per heavy atom. The number of rotatable bonds is 7. The van der Waals surface area contributed by atoms with Gasteiger partial charge in [0.05, 0.1) is 0 Å². The highest BCUT2D eigenvalue weighted by molar-refractivity contribution is 5.84. The second-order valence-corrected chi connectivity index (χ2v) is 7.25. The number of carboxylic acid groups (broad SMARTS) is 1. The fraction of sp³-hybridized carbons (Fsp3) is 0.208. The average Bonchev–Trinajstić information content (AvgIpc) is 3.06. The van der Waals surface area contributed by atoms with Crippen LogP contribution in [0.15, 0.2) is 66.9 Å². The summed E-state index contributed by atoms with van der Waals surface area (Å²) in [5, 5.41) is 11.4. The van der Waals surface area contributed by atoms with Crippen molar-refractivity contribution in [3.8, 4) is 11.1 Å². The van der Waals surface area contributed by atoms with E-state index in [9.17, 15) is 9.59 Å². The summed E-state index contributed by atoms with van der Waals surface area (Å²) in [6.45, 7) is 0.234. The minimum Gasteiger partial charge on any atom is -0.481 e. The Bertz CT molecular complexity index is 1030. The molecule has 4 rings (SSSR count). The van der Waals surface area contributed by atoms with E-state index < -0.39 is 12.1 Å². The number of fused-ring (bicyclic) bond motifs is 3. The van der Waals surface area contributed by atoms with Gasteiger partial charge in [-0.2, -0.15) is 0 Å². The molecule has 30 heavy (non-hydrogen) atoms. The van der Waals surface area contributed by atoms with Crippen LogP contribution >= 0.6 is 0 Å². The Balaban J connectivity index is 1.38. The maximum atomic E-state index is 12.4. The molecule has 0 fully saturated rings. The van der Waals surface area contributed by atoms with E-state index in [0.29, 0.717) is 18.7 Å². The lowest BCUT2D eigenvalue weighted by Crippen LogP contribution is -2.18. The van der Waals surface area contributed by atoms with Crippen molar-refractivity contribution >= 4 is 17.9 Å². The van der Waals surface area contributed by atoms with Crippen LogP contribution < -0.4 is 5.32 Å². The summed E-state index contributed by atoms with van der Waals surface area (Å²) in [6.07, 6.45) is 2.27. The van der Waals surface area contributed by atoms with Crippen LogP contribution in [-0.2, 0) is 16.0 Å². The number of carbonyl (C=O) groups is 2. The van der Waals surface area contributed by atoms with Crippen molar-refractivity contribution in [2.24, 2.45) is 0 Å². The molecule has 0 unspecified atom stereocenters. The number of hydrogen-bond acceptors (Lipinski definition) is 4. The highest BCUT2D eigenvalue weighted by atomic mass is 16.5. The summed E-state index contributed by atoms with van der Waals surface area (Å²) in [5.41, 5.74) is 5.59. The molecule has 0 bridgehead atoms. The number of aliphatic carboxylic acids is 1. The fourth-order valence-electron chi connectivity index (χ4n) is 3.88. The molecule has 6 nitrogen and oxygen atoms in total. The third-order valence-electron chi connectivity index (χ3n) is 5.25. The molecule has 2 aromatic carbocycles. The summed E-state index contributed by atoms with van der Waals surface area (Å²) >= 11 is 0. The minimum atomic E-state index is -0.818. The van der Waals surface area contributed by atoms with Gasteiger partial charge >= 0.3 is 12.1 Å². The monoisotopic (exact) mass is 402 g/mol. The van der Waals surface area contributed by atoms with Gasteiger partial charge in [0.1, 0.15) is 12.4 Å². The Morgan fingerprint density at radius 2 is 1.67 bits per heavy atom. The Labute approximate surface area is 174 Å². The van der Waals surface area contributed by atoms with Gasteiger partial charge in [0, 0.05) is 18.5 Å². The van der Waals surface area contributed by atoms with Gasteiger partial charge in [-0.25, -0.2) is 9.78 Å². The first-order chi connectivity index (χ1) is 14.6. The van der Waals surface area contributed by atoms with Crippen LogP contribution in [0.4, 0.5) is 10.6 Å². The topological polar surface area (TPSA) is 88.5 Å². The van der Waals surface area contributed by atoms with E-state index in [1.807, 2.05) is 30.3 Å². The number of anilines is 1.